The van der Waals surface area contributed by atoms with E-state index in [0.717, 1.165) is 18.5 Å². The molecule has 3 unspecified atom stereocenters. The standard InChI is InChI=1S/C14H20ClN3O/c1-9(16)13(10-2-4-12(15)5-3-10)18-7-6-11(8-18)14(17)19/h2-5,9,11,13H,6-8,16H2,1H3,(H2,17,19). The largest absolute Gasteiger partial charge is 0.369 e. The van der Waals surface area contributed by atoms with Crippen molar-refractivity contribution in [1.29, 1.82) is 0 Å². The lowest BCUT2D eigenvalue weighted by molar-refractivity contribution is -0.121. The minimum atomic E-state index is -0.220. The van der Waals surface area contributed by atoms with Gasteiger partial charge < -0.3 is 11.5 Å². The Hall–Kier alpha value is -1.10. The molecule has 1 aromatic carbocycles. The highest BCUT2D eigenvalue weighted by molar-refractivity contribution is 6.30. The van der Waals surface area contributed by atoms with Crippen LogP contribution in [0.2, 0.25) is 5.02 Å². The van der Waals surface area contributed by atoms with Crippen LogP contribution >= 0.6 is 11.6 Å². The Labute approximate surface area is 118 Å². The average molecular weight is 282 g/mol. The molecule has 0 saturated carbocycles. The third-order valence-electron chi connectivity index (χ3n) is 3.72. The number of nitrogens with zero attached hydrogens (tertiary/aromatic N) is 1. The van der Waals surface area contributed by atoms with Crippen LogP contribution in [0.15, 0.2) is 24.3 Å². The zero-order valence-corrected chi connectivity index (χ0v) is 11.8. The maximum absolute atomic E-state index is 11.3. The molecule has 0 bridgehead atoms. The van der Waals surface area contributed by atoms with Gasteiger partial charge in [0.2, 0.25) is 5.91 Å². The van der Waals surface area contributed by atoms with Gasteiger partial charge in [-0.1, -0.05) is 23.7 Å². The molecule has 19 heavy (non-hydrogen) atoms. The molecule has 1 aliphatic heterocycles. The molecule has 0 spiro atoms. The minimum absolute atomic E-state index is 0.0206. The average Bonchev–Trinajstić information content (AvgIpc) is 2.81. The van der Waals surface area contributed by atoms with E-state index in [0.29, 0.717) is 11.6 Å². The number of likely N-dealkylation sites (tertiary alicyclic amines) is 1. The van der Waals surface area contributed by atoms with Crippen LogP contribution in [0.1, 0.15) is 24.9 Å². The van der Waals surface area contributed by atoms with Crippen LogP contribution in [0.25, 0.3) is 0 Å². The molecule has 1 fully saturated rings. The first kappa shape index (κ1) is 14.3. The number of hydrogen-bond acceptors (Lipinski definition) is 3. The van der Waals surface area contributed by atoms with Gasteiger partial charge in [0.1, 0.15) is 0 Å². The molecular weight excluding hydrogens is 262 g/mol. The number of rotatable bonds is 4. The summed E-state index contributed by atoms with van der Waals surface area (Å²) < 4.78 is 0. The van der Waals surface area contributed by atoms with Crippen molar-refractivity contribution in [2.45, 2.75) is 25.4 Å². The van der Waals surface area contributed by atoms with Crippen LogP contribution in [0, 0.1) is 5.92 Å². The van der Waals surface area contributed by atoms with E-state index in [1.807, 2.05) is 31.2 Å². The van der Waals surface area contributed by atoms with Crippen LogP contribution in [0.3, 0.4) is 0 Å². The third kappa shape index (κ3) is 3.26. The smallest absolute Gasteiger partial charge is 0.221 e. The molecule has 0 aromatic heterocycles. The normalized spacial score (nSPS) is 23.2. The Bertz CT molecular complexity index is 447. The first-order valence-electron chi connectivity index (χ1n) is 6.53. The van der Waals surface area contributed by atoms with E-state index in [1.54, 1.807) is 0 Å². The van der Waals surface area contributed by atoms with Crippen LogP contribution < -0.4 is 11.5 Å². The quantitative estimate of drug-likeness (QED) is 0.879. The summed E-state index contributed by atoms with van der Waals surface area (Å²) in [5, 5.41) is 0.712. The Morgan fingerprint density at radius 3 is 2.53 bits per heavy atom. The number of nitrogens with two attached hydrogens (primary N) is 2. The zero-order valence-electron chi connectivity index (χ0n) is 11.1. The van der Waals surface area contributed by atoms with E-state index < -0.39 is 0 Å². The lowest BCUT2D eigenvalue weighted by Gasteiger charge is -2.31. The van der Waals surface area contributed by atoms with Gasteiger partial charge in [0.15, 0.2) is 0 Å². The molecule has 4 N–H and O–H groups in total. The van der Waals surface area contributed by atoms with Crippen LogP contribution in [0.5, 0.6) is 0 Å². The van der Waals surface area contributed by atoms with E-state index in [-0.39, 0.29) is 23.9 Å². The Balaban J connectivity index is 2.17. The van der Waals surface area contributed by atoms with Crippen molar-refractivity contribution in [3.8, 4) is 0 Å². The second-order valence-electron chi connectivity index (χ2n) is 5.24. The first-order valence-corrected chi connectivity index (χ1v) is 6.91. The van der Waals surface area contributed by atoms with Crippen molar-refractivity contribution in [3.63, 3.8) is 0 Å². The van der Waals surface area contributed by atoms with Crippen molar-refractivity contribution in [2.24, 2.45) is 17.4 Å². The lowest BCUT2D eigenvalue weighted by Crippen LogP contribution is -2.39. The maximum atomic E-state index is 11.3. The lowest BCUT2D eigenvalue weighted by atomic mass is 9.99. The maximum Gasteiger partial charge on any atom is 0.221 e. The molecule has 2 rings (SSSR count). The number of amides is 1. The molecule has 3 atom stereocenters. The van der Waals surface area contributed by atoms with Gasteiger partial charge in [-0.3, -0.25) is 9.69 Å². The number of carbonyl (C=O) groups excluding carboxylic acids is 1. The summed E-state index contributed by atoms with van der Waals surface area (Å²) in [6.45, 7) is 3.52. The van der Waals surface area contributed by atoms with E-state index in [9.17, 15) is 4.79 Å². The summed E-state index contributed by atoms with van der Waals surface area (Å²) in [5.74, 6) is -0.282. The summed E-state index contributed by atoms with van der Waals surface area (Å²) in [4.78, 5) is 13.5. The Kier molecular flexibility index (Phi) is 4.45. The van der Waals surface area contributed by atoms with Crippen molar-refractivity contribution in [1.82, 2.24) is 4.90 Å². The predicted molar refractivity (Wildman–Crippen MR) is 76.7 cm³/mol. The summed E-state index contributed by atoms with van der Waals surface area (Å²) in [5.41, 5.74) is 12.6. The van der Waals surface area contributed by atoms with Crippen LogP contribution in [0.4, 0.5) is 0 Å². The van der Waals surface area contributed by atoms with Gasteiger partial charge in [0.25, 0.3) is 0 Å². The first-order chi connectivity index (χ1) is 8.99. The highest BCUT2D eigenvalue weighted by atomic mass is 35.5. The number of benzene rings is 1. The van der Waals surface area contributed by atoms with Crippen LogP contribution in [-0.4, -0.2) is 29.9 Å². The van der Waals surface area contributed by atoms with Crippen LogP contribution in [-0.2, 0) is 4.79 Å². The van der Waals surface area contributed by atoms with E-state index in [2.05, 4.69) is 4.90 Å². The molecule has 5 heteroatoms. The monoisotopic (exact) mass is 281 g/mol. The van der Waals surface area contributed by atoms with Crippen molar-refractivity contribution in [2.75, 3.05) is 13.1 Å². The van der Waals surface area contributed by atoms with Gasteiger partial charge in [0.05, 0.1) is 5.92 Å². The molecule has 1 amide bonds. The predicted octanol–water partition coefficient (Wildman–Crippen LogP) is 1.54. The van der Waals surface area contributed by atoms with Gasteiger partial charge in [-0.05, 0) is 37.6 Å². The second-order valence-corrected chi connectivity index (χ2v) is 5.67. The number of primary amides is 1. The summed E-state index contributed by atoms with van der Waals surface area (Å²) in [7, 11) is 0. The number of halogens is 1. The van der Waals surface area contributed by atoms with Gasteiger partial charge in [-0.2, -0.15) is 0 Å². The Morgan fingerprint density at radius 2 is 2.05 bits per heavy atom. The highest BCUT2D eigenvalue weighted by Gasteiger charge is 2.33. The topological polar surface area (TPSA) is 72.3 Å². The van der Waals surface area contributed by atoms with Crippen molar-refractivity contribution < 1.29 is 4.79 Å². The fourth-order valence-corrected chi connectivity index (χ4v) is 2.91. The summed E-state index contributed by atoms with van der Waals surface area (Å²) >= 11 is 5.91. The zero-order chi connectivity index (χ0) is 14.0. The van der Waals surface area contributed by atoms with Gasteiger partial charge in [0, 0.05) is 23.7 Å². The van der Waals surface area contributed by atoms with Gasteiger partial charge in [-0.25, -0.2) is 0 Å². The molecule has 4 nitrogen and oxygen atoms in total. The molecular formula is C14H20ClN3O. The number of hydrogen-bond donors (Lipinski definition) is 2. The SMILES string of the molecule is CC(N)C(c1ccc(Cl)cc1)N1CCC(C(N)=O)C1. The molecule has 0 radical (unpaired) electrons. The molecule has 104 valence electrons. The molecule has 1 aromatic rings. The van der Waals surface area contributed by atoms with Crippen molar-refractivity contribution >= 4 is 17.5 Å². The fourth-order valence-electron chi connectivity index (χ4n) is 2.78. The van der Waals surface area contributed by atoms with E-state index in [4.69, 9.17) is 23.1 Å². The molecule has 1 aliphatic rings. The van der Waals surface area contributed by atoms with Gasteiger partial charge in [-0.15, -0.1) is 0 Å². The number of carbonyl (C=O) groups is 1. The Morgan fingerprint density at radius 1 is 1.42 bits per heavy atom. The second kappa shape index (κ2) is 5.90. The molecule has 1 heterocycles. The molecule has 1 saturated heterocycles. The third-order valence-corrected chi connectivity index (χ3v) is 3.98. The van der Waals surface area contributed by atoms with Gasteiger partial charge >= 0.3 is 0 Å². The molecule has 0 aliphatic carbocycles. The highest BCUT2D eigenvalue weighted by Crippen LogP contribution is 2.30. The minimum Gasteiger partial charge on any atom is -0.369 e. The fraction of sp³-hybridized carbons (Fsp3) is 0.500. The summed E-state index contributed by atoms with van der Waals surface area (Å²) in [6.07, 6.45) is 0.812. The van der Waals surface area contributed by atoms with E-state index in [1.165, 1.54) is 0 Å². The van der Waals surface area contributed by atoms with E-state index >= 15 is 0 Å². The van der Waals surface area contributed by atoms with Crippen molar-refractivity contribution in [3.05, 3.63) is 34.9 Å². The summed E-state index contributed by atoms with van der Waals surface area (Å²) in [6, 6.07) is 7.80.